The van der Waals surface area contributed by atoms with Gasteiger partial charge >= 0.3 is 0 Å². The highest BCUT2D eigenvalue weighted by Gasteiger charge is 2.44. The van der Waals surface area contributed by atoms with E-state index in [0.29, 0.717) is 12.1 Å². The molecule has 0 spiro atoms. The van der Waals surface area contributed by atoms with Gasteiger partial charge in [0.15, 0.2) is 11.6 Å². The SMILES string of the molecule is O=C1c2cc(F)c(F)cc2C(=O)N1C1CCC(O)NC1O. The highest BCUT2D eigenvalue weighted by Crippen LogP contribution is 2.30. The number of benzene rings is 1. The Morgan fingerprint density at radius 1 is 1.05 bits per heavy atom. The number of carbonyl (C=O) groups excluding carboxylic acids is 2. The van der Waals surface area contributed by atoms with E-state index in [2.05, 4.69) is 5.32 Å². The van der Waals surface area contributed by atoms with Crippen molar-refractivity contribution in [3.8, 4) is 0 Å². The zero-order valence-electron chi connectivity index (χ0n) is 10.7. The summed E-state index contributed by atoms with van der Waals surface area (Å²) in [7, 11) is 0. The minimum Gasteiger partial charge on any atom is -0.379 e. The van der Waals surface area contributed by atoms with Crippen LogP contribution in [0.2, 0.25) is 0 Å². The molecular weight excluding hydrogens is 286 g/mol. The third-order valence-electron chi connectivity index (χ3n) is 3.75. The monoisotopic (exact) mass is 298 g/mol. The summed E-state index contributed by atoms with van der Waals surface area (Å²) in [6, 6.07) is 0.469. The number of amides is 2. The van der Waals surface area contributed by atoms with Crippen molar-refractivity contribution in [2.45, 2.75) is 31.3 Å². The first-order valence-corrected chi connectivity index (χ1v) is 6.39. The first-order valence-electron chi connectivity index (χ1n) is 6.39. The van der Waals surface area contributed by atoms with Crippen molar-refractivity contribution in [1.29, 1.82) is 0 Å². The van der Waals surface area contributed by atoms with E-state index in [4.69, 9.17) is 0 Å². The Bertz CT molecular complexity index is 596. The molecule has 0 aromatic heterocycles. The Morgan fingerprint density at radius 3 is 2.05 bits per heavy atom. The smallest absolute Gasteiger partial charge is 0.262 e. The highest BCUT2D eigenvalue weighted by molar-refractivity contribution is 6.21. The number of imide groups is 1. The summed E-state index contributed by atoms with van der Waals surface area (Å²) >= 11 is 0. The number of nitrogens with zero attached hydrogens (tertiary/aromatic N) is 1. The molecule has 0 bridgehead atoms. The number of aliphatic hydroxyl groups is 2. The normalized spacial score (nSPS) is 29.0. The van der Waals surface area contributed by atoms with Gasteiger partial charge in [0.2, 0.25) is 0 Å². The van der Waals surface area contributed by atoms with Crippen LogP contribution in [0, 0.1) is 11.6 Å². The lowest BCUT2D eigenvalue weighted by atomic mass is 10.0. The van der Waals surface area contributed by atoms with E-state index in [-0.39, 0.29) is 24.0 Å². The summed E-state index contributed by atoms with van der Waals surface area (Å²) in [6.45, 7) is 0. The van der Waals surface area contributed by atoms with Crippen LogP contribution in [0.25, 0.3) is 0 Å². The summed E-state index contributed by atoms with van der Waals surface area (Å²) in [5.74, 6) is -3.99. The molecule has 2 aliphatic rings. The molecular formula is C13H12F2N2O4. The van der Waals surface area contributed by atoms with E-state index in [1.54, 1.807) is 0 Å². The summed E-state index contributed by atoms with van der Waals surface area (Å²) in [6.07, 6.45) is -1.81. The van der Waals surface area contributed by atoms with Crippen molar-refractivity contribution in [3.63, 3.8) is 0 Å². The number of hydrogen-bond donors (Lipinski definition) is 3. The van der Waals surface area contributed by atoms with Gasteiger partial charge in [-0.15, -0.1) is 0 Å². The fourth-order valence-electron chi connectivity index (χ4n) is 2.70. The third kappa shape index (κ3) is 2.11. The van der Waals surface area contributed by atoms with Crippen molar-refractivity contribution in [3.05, 3.63) is 34.9 Å². The highest BCUT2D eigenvalue weighted by atomic mass is 19.2. The minimum atomic E-state index is -1.30. The first-order chi connectivity index (χ1) is 9.90. The lowest BCUT2D eigenvalue weighted by Crippen LogP contribution is -2.58. The van der Waals surface area contributed by atoms with Crippen molar-refractivity contribution >= 4 is 11.8 Å². The van der Waals surface area contributed by atoms with Crippen LogP contribution in [0.5, 0.6) is 0 Å². The summed E-state index contributed by atoms with van der Waals surface area (Å²) in [4.78, 5) is 25.2. The van der Waals surface area contributed by atoms with Gasteiger partial charge in [0, 0.05) is 0 Å². The fourth-order valence-corrected chi connectivity index (χ4v) is 2.70. The number of carbonyl (C=O) groups is 2. The van der Waals surface area contributed by atoms with Gasteiger partial charge in [0.25, 0.3) is 11.8 Å². The number of fused-ring (bicyclic) bond motifs is 1. The Kier molecular flexibility index (Phi) is 3.23. The quantitative estimate of drug-likeness (QED) is 0.633. The molecule has 0 aliphatic carbocycles. The van der Waals surface area contributed by atoms with Crippen LogP contribution in [0.3, 0.4) is 0 Å². The summed E-state index contributed by atoms with van der Waals surface area (Å²) < 4.78 is 26.4. The van der Waals surface area contributed by atoms with Gasteiger partial charge in [-0.1, -0.05) is 0 Å². The molecule has 0 radical (unpaired) electrons. The molecule has 6 nitrogen and oxygen atoms in total. The Morgan fingerprint density at radius 2 is 1.57 bits per heavy atom. The van der Waals surface area contributed by atoms with Gasteiger partial charge in [0.05, 0.1) is 17.2 Å². The Labute approximate surface area is 118 Å². The number of hydrogen-bond acceptors (Lipinski definition) is 5. The van der Waals surface area contributed by atoms with Crippen LogP contribution in [0.1, 0.15) is 33.6 Å². The first kappa shape index (κ1) is 14.1. The standard InChI is InChI=1S/C13H12F2N2O4/c14-7-3-5-6(4-8(7)15)13(21)17(12(5)20)9-1-2-10(18)16-11(9)19/h3-4,9-11,16,18-19H,1-2H2. The molecule has 1 saturated heterocycles. The molecule has 21 heavy (non-hydrogen) atoms. The van der Waals surface area contributed by atoms with Crippen LogP contribution in [-0.4, -0.2) is 45.4 Å². The molecule has 1 fully saturated rings. The molecule has 8 heteroatoms. The molecule has 1 aromatic rings. The van der Waals surface area contributed by atoms with Crippen molar-refractivity contribution < 1.29 is 28.6 Å². The lowest BCUT2D eigenvalue weighted by Gasteiger charge is -2.36. The maximum atomic E-state index is 13.2. The number of rotatable bonds is 1. The Hall–Kier alpha value is -1.90. The van der Waals surface area contributed by atoms with Gasteiger partial charge in [-0.3, -0.25) is 19.8 Å². The number of aliphatic hydroxyl groups excluding tert-OH is 2. The predicted molar refractivity (Wildman–Crippen MR) is 65.0 cm³/mol. The minimum absolute atomic E-state index is 0.186. The van der Waals surface area contributed by atoms with Crippen molar-refractivity contribution in [1.82, 2.24) is 10.2 Å². The molecule has 3 unspecified atom stereocenters. The molecule has 2 amide bonds. The zero-order chi connectivity index (χ0) is 15.3. The topological polar surface area (TPSA) is 89.9 Å². The molecule has 1 aromatic carbocycles. The van der Waals surface area contributed by atoms with Gasteiger partial charge in [0.1, 0.15) is 12.5 Å². The summed E-state index contributed by atoms with van der Waals surface area (Å²) in [5, 5.41) is 21.6. The number of piperidine rings is 1. The third-order valence-corrected chi connectivity index (χ3v) is 3.75. The van der Waals surface area contributed by atoms with E-state index in [1.807, 2.05) is 0 Å². The zero-order valence-corrected chi connectivity index (χ0v) is 10.7. The van der Waals surface area contributed by atoms with Gasteiger partial charge in [-0.05, 0) is 25.0 Å². The Balaban J connectivity index is 1.96. The molecule has 112 valence electrons. The van der Waals surface area contributed by atoms with E-state index >= 15 is 0 Å². The molecule has 2 heterocycles. The number of halogens is 2. The van der Waals surface area contributed by atoms with Crippen LogP contribution >= 0.6 is 0 Å². The van der Waals surface area contributed by atoms with E-state index in [1.165, 1.54) is 0 Å². The predicted octanol–water partition coefficient (Wildman–Crippen LogP) is -0.0504. The van der Waals surface area contributed by atoms with Crippen molar-refractivity contribution in [2.24, 2.45) is 0 Å². The second-order valence-corrected chi connectivity index (χ2v) is 5.06. The molecule has 2 aliphatic heterocycles. The second-order valence-electron chi connectivity index (χ2n) is 5.06. The molecule has 3 N–H and O–H groups in total. The van der Waals surface area contributed by atoms with Crippen LogP contribution in [-0.2, 0) is 0 Å². The van der Waals surface area contributed by atoms with Crippen LogP contribution in [0.15, 0.2) is 12.1 Å². The second kappa shape index (κ2) is 4.83. The average Bonchev–Trinajstić information content (AvgIpc) is 2.64. The van der Waals surface area contributed by atoms with E-state index in [0.717, 1.165) is 4.90 Å². The molecule has 3 atom stereocenters. The largest absolute Gasteiger partial charge is 0.379 e. The number of nitrogens with one attached hydrogen (secondary N) is 1. The van der Waals surface area contributed by atoms with Gasteiger partial charge in [-0.2, -0.15) is 0 Å². The van der Waals surface area contributed by atoms with Crippen LogP contribution < -0.4 is 5.32 Å². The van der Waals surface area contributed by atoms with Gasteiger partial charge < -0.3 is 10.2 Å². The average molecular weight is 298 g/mol. The maximum Gasteiger partial charge on any atom is 0.262 e. The van der Waals surface area contributed by atoms with E-state index < -0.39 is 41.9 Å². The van der Waals surface area contributed by atoms with Crippen molar-refractivity contribution in [2.75, 3.05) is 0 Å². The summed E-state index contributed by atoms with van der Waals surface area (Å²) in [5.41, 5.74) is -0.450. The lowest BCUT2D eigenvalue weighted by molar-refractivity contribution is -0.0413. The maximum absolute atomic E-state index is 13.2. The molecule has 0 saturated carbocycles. The van der Waals surface area contributed by atoms with E-state index in [9.17, 15) is 28.6 Å². The van der Waals surface area contributed by atoms with Crippen LogP contribution in [0.4, 0.5) is 8.78 Å². The molecule has 3 rings (SSSR count). The van der Waals surface area contributed by atoms with Gasteiger partial charge in [-0.25, -0.2) is 8.78 Å². The fraction of sp³-hybridized carbons (Fsp3) is 0.385.